The van der Waals surface area contributed by atoms with E-state index in [1.54, 1.807) is 6.33 Å². The van der Waals surface area contributed by atoms with E-state index in [2.05, 4.69) is 9.97 Å². The van der Waals surface area contributed by atoms with Gasteiger partial charge in [0.15, 0.2) is 0 Å². The molecule has 0 spiro atoms. The van der Waals surface area contributed by atoms with E-state index >= 15 is 0 Å². The summed E-state index contributed by atoms with van der Waals surface area (Å²) in [5, 5.41) is 0. The van der Waals surface area contributed by atoms with Gasteiger partial charge in [0.05, 0.1) is 11.8 Å². The average molecular weight is 351 g/mol. The molecular formula is C21H25N3O2. The summed E-state index contributed by atoms with van der Waals surface area (Å²) in [5.41, 5.74) is 4.30. The Morgan fingerprint density at radius 3 is 2.77 bits per heavy atom. The minimum Gasteiger partial charge on any atom is -0.491 e. The summed E-state index contributed by atoms with van der Waals surface area (Å²) in [7, 11) is 0. The van der Waals surface area contributed by atoms with Crippen molar-refractivity contribution < 1.29 is 9.53 Å². The van der Waals surface area contributed by atoms with Crippen LogP contribution in [0.4, 0.5) is 0 Å². The first-order chi connectivity index (χ1) is 12.6. The average Bonchev–Trinajstić information content (AvgIpc) is 3.47. The van der Waals surface area contributed by atoms with Gasteiger partial charge in [0, 0.05) is 36.7 Å². The van der Waals surface area contributed by atoms with Crippen LogP contribution in [0, 0.1) is 0 Å². The number of aromatic nitrogens is 2. The molecule has 5 heteroatoms. The molecule has 0 atom stereocenters. The highest BCUT2D eigenvalue weighted by Crippen LogP contribution is 2.41. The van der Waals surface area contributed by atoms with Crippen molar-refractivity contribution in [2.45, 2.75) is 51.6 Å². The first kappa shape index (κ1) is 17.0. The van der Waals surface area contributed by atoms with Crippen LogP contribution in [-0.4, -0.2) is 40.0 Å². The van der Waals surface area contributed by atoms with Gasteiger partial charge in [-0.2, -0.15) is 0 Å². The first-order valence-electron chi connectivity index (χ1n) is 9.50. The fourth-order valence-corrected chi connectivity index (χ4v) is 3.62. The summed E-state index contributed by atoms with van der Waals surface area (Å²) in [4.78, 5) is 24.0. The lowest BCUT2D eigenvalue weighted by Crippen LogP contribution is -2.33. The van der Waals surface area contributed by atoms with Crippen molar-refractivity contribution in [1.29, 1.82) is 0 Å². The molecule has 2 aliphatic rings. The minimum absolute atomic E-state index is 0.0629. The highest BCUT2D eigenvalue weighted by atomic mass is 16.5. The van der Waals surface area contributed by atoms with Crippen molar-refractivity contribution in [3.63, 3.8) is 0 Å². The number of carbonyl (C=O) groups excluding carboxylic acids is 1. The van der Waals surface area contributed by atoms with Gasteiger partial charge in [-0.3, -0.25) is 4.79 Å². The molecule has 0 radical (unpaired) electrons. The zero-order chi connectivity index (χ0) is 18.1. The predicted octanol–water partition coefficient (Wildman–Crippen LogP) is 3.38. The molecule has 4 rings (SSSR count). The summed E-state index contributed by atoms with van der Waals surface area (Å²) >= 11 is 0. The Kier molecular flexibility index (Phi) is 4.62. The molecule has 2 aromatic rings. The normalized spacial score (nSPS) is 17.0. The fraction of sp³-hybridized carbons (Fsp3) is 0.476. The number of benzene rings is 1. The standard InChI is InChI=1S/C21H25N3O2/c1-14(2)26-17-5-3-4-16(12-17)21(25)24-10-8-18-19(9-11-24)22-13-23-20(18)15-6-7-15/h3-5,12-15H,6-11H2,1-2H3. The Morgan fingerprint density at radius 1 is 1.19 bits per heavy atom. The van der Waals surface area contributed by atoms with Gasteiger partial charge in [-0.25, -0.2) is 9.97 Å². The first-order valence-corrected chi connectivity index (χ1v) is 9.50. The SMILES string of the molecule is CC(C)Oc1cccc(C(=O)N2CCc3ncnc(C4CC4)c3CC2)c1. The molecule has 0 bridgehead atoms. The Labute approximate surface area is 154 Å². The van der Waals surface area contributed by atoms with Crippen LogP contribution < -0.4 is 4.74 Å². The molecule has 1 saturated carbocycles. The molecule has 2 heterocycles. The smallest absolute Gasteiger partial charge is 0.254 e. The van der Waals surface area contributed by atoms with Crippen LogP contribution in [0.25, 0.3) is 0 Å². The van der Waals surface area contributed by atoms with Crippen LogP contribution in [0.15, 0.2) is 30.6 Å². The van der Waals surface area contributed by atoms with Crippen molar-refractivity contribution in [2.75, 3.05) is 13.1 Å². The minimum atomic E-state index is 0.0629. The third kappa shape index (κ3) is 3.57. The maximum atomic E-state index is 13.0. The van der Waals surface area contributed by atoms with Crippen molar-refractivity contribution >= 4 is 5.91 Å². The van der Waals surface area contributed by atoms with Gasteiger partial charge >= 0.3 is 0 Å². The third-order valence-electron chi connectivity index (χ3n) is 5.02. The lowest BCUT2D eigenvalue weighted by atomic mass is 10.0. The van der Waals surface area contributed by atoms with Crippen molar-refractivity contribution in [3.8, 4) is 5.75 Å². The molecule has 136 valence electrons. The van der Waals surface area contributed by atoms with Gasteiger partial charge in [0.2, 0.25) is 0 Å². The molecule has 0 N–H and O–H groups in total. The number of nitrogens with zero attached hydrogens (tertiary/aromatic N) is 3. The van der Waals surface area contributed by atoms with Gasteiger partial charge in [0.25, 0.3) is 5.91 Å². The maximum absolute atomic E-state index is 13.0. The van der Waals surface area contributed by atoms with Crippen molar-refractivity contribution in [1.82, 2.24) is 14.9 Å². The van der Waals surface area contributed by atoms with Gasteiger partial charge in [0.1, 0.15) is 12.1 Å². The molecule has 1 aromatic carbocycles. The van der Waals surface area contributed by atoms with E-state index in [1.807, 2.05) is 43.0 Å². The highest BCUT2D eigenvalue weighted by Gasteiger charge is 2.30. The lowest BCUT2D eigenvalue weighted by Gasteiger charge is -2.21. The zero-order valence-corrected chi connectivity index (χ0v) is 15.4. The van der Waals surface area contributed by atoms with Gasteiger partial charge in [-0.1, -0.05) is 6.07 Å². The van der Waals surface area contributed by atoms with E-state index in [0.717, 1.165) is 24.3 Å². The summed E-state index contributed by atoms with van der Waals surface area (Å²) in [6.45, 7) is 5.38. The zero-order valence-electron chi connectivity index (χ0n) is 15.4. The second-order valence-corrected chi connectivity index (χ2v) is 7.45. The summed E-state index contributed by atoms with van der Waals surface area (Å²) in [6.07, 6.45) is 5.88. The topological polar surface area (TPSA) is 55.3 Å². The highest BCUT2D eigenvalue weighted by molar-refractivity contribution is 5.94. The van der Waals surface area contributed by atoms with Crippen LogP contribution >= 0.6 is 0 Å². The number of amides is 1. The van der Waals surface area contributed by atoms with Crippen LogP contribution in [0.2, 0.25) is 0 Å². The fourth-order valence-electron chi connectivity index (χ4n) is 3.62. The van der Waals surface area contributed by atoms with Crippen LogP contribution in [-0.2, 0) is 12.8 Å². The van der Waals surface area contributed by atoms with Crippen LogP contribution in [0.5, 0.6) is 5.75 Å². The number of hydrogen-bond acceptors (Lipinski definition) is 4. The lowest BCUT2D eigenvalue weighted by molar-refractivity contribution is 0.0762. The molecule has 1 amide bonds. The second kappa shape index (κ2) is 7.06. The summed E-state index contributed by atoms with van der Waals surface area (Å²) in [5.74, 6) is 1.41. The van der Waals surface area contributed by atoms with E-state index < -0.39 is 0 Å². The van der Waals surface area contributed by atoms with E-state index in [-0.39, 0.29) is 12.0 Å². The number of ether oxygens (including phenoxy) is 1. The molecule has 1 aromatic heterocycles. The molecule has 0 saturated heterocycles. The van der Waals surface area contributed by atoms with E-state index in [1.165, 1.54) is 24.1 Å². The van der Waals surface area contributed by atoms with E-state index in [0.29, 0.717) is 24.6 Å². The quantitative estimate of drug-likeness (QED) is 0.847. The van der Waals surface area contributed by atoms with E-state index in [4.69, 9.17) is 4.74 Å². The predicted molar refractivity (Wildman–Crippen MR) is 99.5 cm³/mol. The second-order valence-electron chi connectivity index (χ2n) is 7.45. The van der Waals surface area contributed by atoms with Gasteiger partial charge in [-0.15, -0.1) is 0 Å². The number of carbonyl (C=O) groups is 1. The summed E-state index contributed by atoms with van der Waals surface area (Å²) in [6, 6.07) is 7.49. The monoisotopic (exact) mass is 351 g/mol. The number of hydrogen-bond donors (Lipinski definition) is 0. The number of fused-ring (bicyclic) bond motifs is 1. The molecule has 26 heavy (non-hydrogen) atoms. The third-order valence-corrected chi connectivity index (χ3v) is 5.02. The van der Waals surface area contributed by atoms with Crippen LogP contribution in [0.3, 0.4) is 0 Å². The Bertz CT molecular complexity index is 815. The molecule has 1 aliphatic heterocycles. The van der Waals surface area contributed by atoms with E-state index in [9.17, 15) is 4.79 Å². The molecule has 5 nitrogen and oxygen atoms in total. The maximum Gasteiger partial charge on any atom is 0.254 e. The summed E-state index contributed by atoms with van der Waals surface area (Å²) < 4.78 is 5.73. The van der Waals surface area contributed by atoms with Crippen molar-refractivity contribution in [3.05, 3.63) is 53.1 Å². The largest absolute Gasteiger partial charge is 0.491 e. The Morgan fingerprint density at radius 2 is 2.00 bits per heavy atom. The Hall–Kier alpha value is -2.43. The van der Waals surface area contributed by atoms with Gasteiger partial charge < -0.3 is 9.64 Å². The van der Waals surface area contributed by atoms with Crippen LogP contribution in [0.1, 0.15) is 59.9 Å². The molecular weight excluding hydrogens is 326 g/mol. The number of rotatable bonds is 4. The van der Waals surface area contributed by atoms with Crippen molar-refractivity contribution in [2.24, 2.45) is 0 Å². The molecule has 1 fully saturated rings. The molecule has 0 unspecified atom stereocenters. The Balaban J connectivity index is 1.51. The van der Waals surface area contributed by atoms with Gasteiger partial charge in [-0.05, 0) is 56.9 Å². The molecule has 1 aliphatic carbocycles.